The smallest absolute Gasteiger partial charge is 0.339 e. The molecule has 0 spiro atoms. The fourth-order valence-corrected chi connectivity index (χ4v) is 3.82. The van der Waals surface area contributed by atoms with E-state index in [0.29, 0.717) is 35.3 Å². The van der Waals surface area contributed by atoms with Crippen LogP contribution < -0.4 is 4.74 Å². The summed E-state index contributed by atoms with van der Waals surface area (Å²) in [4.78, 5) is 11.9. The Hall–Kier alpha value is -2.27. The predicted octanol–water partition coefficient (Wildman–Crippen LogP) is 4.59. The molecule has 2 aliphatic rings. The van der Waals surface area contributed by atoms with E-state index in [-0.39, 0.29) is 12.4 Å². The first-order chi connectivity index (χ1) is 13.2. The van der Waals surface area contributed by atoms with Crippen molar-refractivity contribution >= 4 is 5.97 Å². The summed E-state index contributed by atoms with van der Waals surface area (Å²) in [7, 11) is 0. The maximum atomic E-state index is 11.9. The van der Waals surface area contributed by atoms with E-state index in [1.54, 1.807) is 0 Å². The molecule has 0 radical (unpaired) electrons. The first-order valence-corrected chi connectivity index (χ1v) is 9.92. The summed E-state index contributed by atoms with van der Waals surface area (Å²) in [6.07, 6.45) is 7.49. The Morgan fingerprint density at radius 1 is 1.25 bits per heavy atom. The minimum atomic E-state index is -0.781. The number of esters is 1. The van der Waals surface area contributed by atoms with Crippen molar-refractivity contribution in [2.75, 3.05) is 0 Å². The summed E-state index contributed by atoms with van der Waals surface area (Å²) in [6, 6.07) is 1.42. The van der Waals surface area contributed by atoms with E-state index in [1.807, 2.05) is 6.92 Å². The lowest BCUT2D eigenvalue weighted by atomic mass is 9.84. The Morgan fingerprint density at radius 2 is 2.00 bits per heavy atom. The highest BCUT2D eigenvalue weighted by Crippen LogP contribution is 2.45. The number of aromatic hydroxyl groups is 1. The van der Waals surface area contributed by atoms with Crippen LogP contribution in [0.4, 0.5) is 0 Å². The monoisotopic (exact) mass is 386 g/mol. The summed E-state index contributed by atoms with van der Waals surface area (Å²) in [5, 5.41) is 21.0. The largest absolute Gasteiger partial charge is 0.508 e. The molecular formula is C23H30O5. The Bertz CT molecular complexity index is 832. The van der Waals surface area contributed by atoms with Crippen LogP contribution in [0, 0.1) is 0 Å². The number of hydrogen-bond acceptors (Lipinski definition) is 5. The van der Waals surface area contributed by atoms with Crippen LogP contribution in [0.15, 0.2) is 29.4 Å². The summed E-state index contributed by atoms with van der Waals surface area (Å²) >= 11 is 0. The number of carbonyl (C=O) groups is 1. The van der Waals surface area contributed by atoms with Gasteiger partial charge in [-0.25, -0.2) is 4.79 Å². The SMILES string of the molecule is CC(C)=CCC/C(C)=C/CCC1(C)Oc2c(c(O)cc3c2COC3=O)CC1O. The first-order valence-electron chi connectivity index (χ1n) is 9.92. The summed E-state index contributed by atoms with van der Waals surface area (Å²) in [6.45, 7) is 8.37. The van der Waals surface area contributed by atoms with Crippen molar-refractivity contribution in [1.29, 1.82) is 0 Å². The average Bonchev–Trinajstić information content (AvgIpc) is 2.97. The standard InChI is InChI=1S/C23H30O5/c1-14(2)7-5-8-15(3)9-6-10-23(4)20(25)12-17-19(24)11-16-18(21(17)28-23)13-27-22(16)26/h7,9,11,20,24-25H,5-6,8,10,12-13H2,1-4H3/b15-9+. The molecule has 152 valence electrons. The third-order valence-electron chi connectivity index (χ3n) is 5.69. The molecule has 5 heteroatoms. The quantitative estimate of drug-likeness (QED) is 0.552. The van der Waals surface area contributed by atoms with Gasteiger partial charge in [-0.1, -0.05) is 23.3 Å². The third kappa shape index (κ3) is 4.09. The molecule has 0 saturated heterocycles. The van der Waals surface area contributed by atoms with Gasteiger partial charge in [0.1, 0.15) is 23.7 Å². The summed E-state index contributed by atoms with van der Waals surface area (Å²) in [5.74, 6) is 0.0288. The molecule has 2 unspecified atom stereocenters. The number of ether oxygens (including phenoxy) is 2. The molecule has 3 rings (SSSR count). The van der Waals surface area contributed by atoms with Gasteiger partial charge in [0.2, 0.25) is 0 Å². The van der Waals surface area contributed by atoms with Gasteiger partial charge in [-0.2, -0.15) is 0 Å². The van der Waals surface area contributed by atoms with E-state index >= 15 is 0 Å². The van der Waals surface area contributed by atoms with E-state index < -0.39 is 17.7 Å². The number of aliphatic hydroxyl groups is 1. The van der Waals surface area contributed by atoms with Crippen molar-refractivity contribution in [2.45, 2.75) is 78.1 Å². The number of aliphatic hydroxyl groups excluding tert-OH is 1. The summed E-state index contributed by atoms with van der Waals surface area (Å²) < 4.78 is 11.3. The number of cyclic esters (lactones) is 1. The number of hydrogen-bond donors (Lipinski definition) is 2. The Kier molecular flexibility index (Phi) is 5.84. The molecular weight excluding hydrogens is 356 g/mol. The second-order valence-corrected chi connectivity index (χ2v) is 8.35. The van der Waals surface area contributed by atoms with Gasteiger partial charge in [-0.3, -0.25) is 0 Å². The molecule has 2 N–H and O–H groups in total. The average molecular weight is 386 g/mol. The molecule has 0 bridgehead atoms. The van der Waals surface area contributed by atoms with E-state index in [1.165, 1.54) is 17.2 Å². The number of phenolic OH excluding ortho intramolecular Hbond substituents is 1. The predicted molar refractivity (Wildman–Crippen MR) is 108 cm³/mol. The molecule has 1 aromatic carbocycles. The minimum absolute atomic E-state index is 0.0243. The highest BCUT2D eigenvalue weighted by atomic mass is 16.5. The maximum absolute atomic E-state index is 11.9. The molecule has 2 atom stereocenters. The van der Waals surface area contributed by atoms with Gasteiger partial charge in [-0.05, 0) is 59.4 Å². The van der Waals surface area contributed by atoms with Gasteiger partial charge >= 0.3 is 5.97 Å². The minimum Gasteiger partial charge on any atom is -0.508 e. The molecule has 0 fully saturated rings. The van der Waals surface area contributed by atoms with Crippen molar-refractivity contribution < 1.29 is 24.5 Å². The number of rotatable bonds is 6. The van der Waals surface area contributed by atoms with Gasteiger partial charge in [0, 0.05) is 17.5 Å². The highest BCUT2D eigenvalue weighted by Gasteiger charge is 2.43. The zero-order valence-corrected chi connectivity index (χ0v) is 17.2. The zero-order chi connectivity index (χ0) is 20.5. The van der Waals surface area contributed by atoms with Gasteiger partial charge in [0.15, 0.2) is 0 Å². The van der Waals surface area contributed by atoms with Crippen molar-refractivity contribution in [1.82, 2.24) is 0 Å². The van der Waals surface area contributed by atoms with Crippen molar-refractivity contribution in [3.8, 4) is 11.5 Å². The van der Waals surface area contributed by atoms with E-state index in [4.69, 9.17) is 9.47 Å². The Labute approximate surface area is 166 Å². The van der Waals surface area contributed by atoms with Crippen LogP contribution in [-0.4, -0.2) is 27.9 Å². The molecule has 2 heterocycles. The molecule has 1 aromatic rings. The molecule has 0 aliphatic carbocycles. The number of carbonyl (C=O) groups excluding carboxylic acids is 1. The number of allylic oxidation sites excluding steroid dienone is 4. The van der Waals surface area contributed by atoms with Gasteiger partial charge in [-0.15, -0.1) is 0 Å². The third-order valence-corrected chi connectivity index (χ3v) is 5.69. The lowest BCUT2D eigenvalue weighted by molar-refractivity contribution is -0.0601. The molecule has 2 aliphatic heterocycles. The van der Waals surface area contributed by atoms with Gasteiger partial charge < -0.3 is 19.7 Å². The fourth-order valence-electron chi connectivity index (χ4n) is 3.82. The van der Waals surface area contributed by atoms with Crippen molar-refractivity contribution in [3.05, 3.63) is 46.1 Å². The number of phenols is 1. The lowest BCUT2D eigenvalue weighted by Gasteiger charge is -2.40. The van der Waals surface area contributed by atoms with E-state index in [2.05, 4.69) is 32.9 Å². The molecule has 0 aromatic heterocycles. The number of benzene rings is 1. The van der Waals surface area contributed by atoms with E-state index in [0.717, 1.165) is 19.3 Å². The molecule has 28 heavy (non-hydrogen) atoms. The van der Waals surface area contributed by atoms with Gasteiger partial charge in [0.05, 0.1) is 11.7 Å². The van der Waals surface area contributed by atoms with Crippen LogP contribution in [0.3, 0.4) is 0 Å². The fraction of sp³-hybridized carbons (Fsp3) is 0.522. The van der Waals surface area contributed by atoms with Crippen LogP contribution in [0.5, 0.6) is 11.5 Å². The summed E-state index contributed by atoms with van der Waals surface area (Å²) in [5.41, 5.74) is 3.45. The first kappa shape index (κ1) is 20.5. The lowest BCUT2D eigenvalue weighted by Crippen LogP contribution is -2.49. The molecule has 0 saturated carbocycles. The van der Waals surface area contributed by atoms with Crippen molar-refractivity contribution in [2.24, 2.45) is 0 Å². The Balaban J connectivity index is 1.73. The second kappa shape index (κ2) is 8.00. The van der Waals surface area contributed by atoms with Gasteiger partial charge in [0.25, 0.3) is 0 Å². The normalized spacial score (nSPS) is 23.5. The van der Waals surface area contributed by atoms with Crippen LogP contribution in [0.2, 0.25) is 0 Å². The van der Waals surface area contributed by atoms with E-state index in [9.17, 15) is 15.0 Å². The maximum Gasteiger partial charge on any atom is 0.339 e. The van der Waals surface area contributed by atoms with Crippen LogP contribution in [0.25, 0.3) is 0 Å². The Morgan fingerprint density at radius 3 is 2.71 bits per heavy atom. The van der Waals surface area contributed by atoms with Crippen LogP contribution in [0.1, 0.15) is 74.9 Å². The van der Waals surface area contributed by atoms with Crippen LogP contribution >= 0.6 is 0 Å². The number of fused-ring (bicyclic) bond motifs is 3. The zero-order valence-electron chi connectivity index (χ0n) is 17.2. The second-order valence-electron chi connectivity index (χ2n) is 8.35. The highest BCUT2D eigenvalue weighted by molar-refractivity contribution is 5.95. The van der Waals surface area contributed by atoms with Crippen molar-refractivity contribution in [3.63, 3.8) is 0 Å². The topological polar surface area (TPSA) is 76.0 Å². The molecule has 0 amide bonds. The molecule has 5 nitrogen and oxygen atoms in total. The van der Waals surface area contributed by atoms with Crippen LogP contribution in [-0.2, 0) is 17.8 Å².